The number of benzene rings is 1. The molecule has 0 bridgehead atoms. The second kappa shape index (κ2) is 16.8. The van der Waals surface area contributed by atoms with Crippen molar-refractivity contribution in [3.63, 3.8) is 0 Å². The number of rotatable bonds is 11. The third kappa shape index (κ3) is 10.7. The van der Waals surface area contributed by atoms with Crippen LogP contribution in [0, 0.1) is 10.1 Å². The summed E-state index contributed by atoms with van der Waals surface area (Å²) in [5.41, 5.74) is 10.8. The Labute approximate surface area is 295 Å². The van der Waals surface area contributed by atoms with Gasteiger partial charge in [0.25, 0.3) is 5.69 Å². The third-order valence-electron chi connectivity index (χ3n) is 8.58. The number of nitro benzene ring substituents is 1. The van der Waals surface area contributed by atoms with Crippen LogP contribution in [0.4, 0.5) is 15.3 Å². The summed E-state index contributed by atoms with van der Waals surface area (Å²) in [5.74, 6) is 0.238. The Kier molecular flexibility index (Phi) is 13.2. The Balaban J connectivity index is 1.43. The molecule has 19 nitrogen and oxygen atoms in total. The number of nitrogens with zero attached hydrogens (tertiary/aromatic N) is 1. The molecule has 1 saturated carbocycles. The summed E-state index contributed by atoms with van der Waals surface area (Å²) in [6.45, 7) is 6.06. The van der Waals surface area contributed by atoms with Crippen LogP contribution in [0.2, 0.25) is 0 Å². The number of ether oxygens (including phenoxy) is 6. The smallest absolute Gasteiger partial charge is 0.408 e. The predicted octanol–water partition coefficient (Wildman–Crippen LogP) is -0.410. The highest BCUT2D eigenvalue weighted by Crippen LogP contribution is 2.31. The lowest BCUT2D eigenvalue weighted by Crippen LogP contribution is -2.68. The summed E-state index contributed by atoms with van der Waals surface area (Å²) in [6, 6.07) is 2.41. The normalized spacial score (nSPS) is 34.0. The van der Waals surface area contributed by atoms with Crippen LogP contribution in [-0.2, 0) is 35.0 Å². The fourth-order valence-electron chi connectivity index (χ4n) is 6.10. The molecule has 2 aliphatic heterocycles. The molecule has 0 radical (unpaired) electrons. The minimum absolute atomic E-state index is 0.125. The summed E-state index contributed by atoms with van der Waals surface area (Å²) < 4.78 is 34.5. The zero-order valence-electron chi connectivity index (χ0n) is 29.2. The van der Waals surface area contributed by atoms with E-state index in [1.54, 1.807) is 40.0 Å². The molecule has 0 unspecified atom stereocenters. The van der Waals surface area contributed by atoms with E-state index in [2.05, 4.69) is 16.0 Å². The van der Waals surface area contributed by atoms with E-state index in [1.807, 2.05) is 0 Å². The summed E-state index contributed by atoms with van der Waals surface area (Å²) in [6.07, 6.45) is -7.25. The predicted molar refractivity (Wildman–Crippen MR) is 178 cm³/mol. The molecular formula is C32H50N6O13. The first-order valence-corrected chi connectivity index (χ1v) is 16.6. The van der Waals surface area contributed by atoms with Crippen LogP contribution in [-0.4, -0.2) is 125 Å². The van der Waals surface area contributed by atoms with Crippen molar-refractivity contribution in [1.29, 1.82) is 0 Å². The summed E-state index contributed by atoms with van der Waals surface area (Å²) in [5, 5.41) is 52.1. The topological polar surface area (TPSA) is 281 Å². The fourth-order valence-corrected chi connectivity index (χ4v) is 6.10. The van der Waals surface area contributed by atoms with E-state index in [-0.39, 0.29) is 44.0 Å². The van der Waals surface area contributed by atoms with Gasteiger partial charge < -0.3 is 71.2 Å². The van der Waals surface area contributed by atoms with Gasteiger partial charge in [-0.3, -0.25) is 10.1 Å². The van der Waals surface area contributed by atoms with Crippen LogP contribution < -0.4 is 27.4 Å². The Morgan fingerprint density at radius 2 is 1.76 bits per heavy atom. The van der Waals surface area contributed by atoms with E-state index in [1.165, 1.54) is 25.1 Å². The van der Waals surface area contributed by atoms with Crippen LogP contribution in [0.15, 0.2) is 36.1 Å². The van der Waals surface area contributed by atoms with Gasteiger partial charge in [0.1, 0.15) is 48.0 Å². The number of aliphatic hydroxyl groups is 3. The number of alkyl carbamates (subject to hydrolysis) is 2. The Bertz CT molecular complexity index is 1410. The minimum Gasteiger partial charge on any atom is -0.465 e. The minimum atomic E-state index is -1.46. The number of nitrogens with two attached hydrogens (primary N) is 2. The van der Waals surface area contributed by atoms with Crippen molar-refractivity contribution in [2.45, 2.75) is 120 Å². The number of hydrogen-bond acceptors (Lipinski definition) is 16. The first-order chi connectivity index (χ1) is 23.9. The molecule has 4 rings (SSSR count). The van der Waals surface area contributed by atoms with Gasteiger partial charge >= 0.3 is 12.2 Å². The third-order valence-corrected chi connectivity index (χ3v) is 8.58. The van der Waals surface area contributed by atoms with E-state index in [0.29, 0.717) is 5.56 Å². The molecular weight excluding hydrogens is 676 g/mol. The first-order valence-electron chi connectivity index (χ1n) is 16.6. The molecule has 19 heteroatoms. The average Bonchev–Trinajstić information content (AvgIpc) is 3.04. The largest absolute Gasteiger partial charge is 0.465 e. The number of likely N-dealkylation sites (N-methyl/N-ethyl adjacent to an activating group) is 1. The maximum atomic E-state index is 12.7. The van der Waals surface area contributed by atoms with Gasteiger partial charge in [0.2, 0.25) is 6.29 Å². The van der Waals surface area contributed by atoms with Crippen LogP contribution in [0.3, 0.4) is 0 Å². The summed E-state index contributed by atoms with van der Waals surface area (Å²) in [4.78, 5) is 35.7. The Morgan fingerprint density at radius 1 is 1.10 bits per heavy atom. The SMILES string of the molecule is CN[C@@H]1[C@@H](O)[C@@H](O[C@@H]2[C@@H](O)[C@H](O[C@H]3OC(CNC(=O)OCc4cccc([N+](=O)[O-])c4)=CC[C@H]3NC(=O)OC(C)(C)C)[C@@H](N)C[C@H]2N)OC[C@]1(C)O. The number of nitro groups is 1. The maximum Gasteiger partial charge on any atom is 0.408 e. The van der Waals surface area contributed by atoms with Crippen molar-refractivity contribution in [1.82, 2.24) is 16.0 Å². The quantitative estimate of drug-likeness (QED) is 0.106. The zero-order chi connectivity index (χ0) is 37.7. The molecule has 2 heterocycles. The van der Waals surface area contributed by atoms with E-state index >= 15 is 0 Å². The van der Waals surface area contributed by atoms with Gasteiger partial charge in [0.05, 0.1) is 30.2 Å². The molecule has 1 aromatic rings. The van der Waals surface area contributed by atoms with Gasteiger partial charge in [-0.15, -0.1) is 0 Å². The van der Waals surface area contributed by atoms with Crippen LogP contribution in [0.1, 0.15) is 46.1 Å². The van der Waals surface area contributed by atoms with Gasteiger partial charge in [0, 0.05) is 24.2 Å². The highest BCUT2D eigenvalue weighted by Gasteiger charge is 2.51. The molecule has 2 amide bonds. The number of nitrogens with one attached hydrogen (secondary N) is 3. The average molecular weight is 727 g/mol. The van der Waals surface area contributed by atoms with Crippen LogP contribution >= 0.6 is 0 Å². The van der Waals surface area contributed by atoms with E-state index in [0.717, 1.165) is 0 Å². The second-order valence-corrected chi connectivity index (χ2v) is 14.1. The highest BCUT2D eigenvalue weighted by atomic mass is 16.7. The Morgan fingerprint density at radius 3 is 2.39 bits per heavy atom. The molecule has 2 fully saturated rings. The number of carbonyl (C=O) groups excluding carboxylic acids is 2. The zero-order valence-corrected chi connectivity index (χ0v) is 29.2. The lowest BCUT2D eigenvalue weighted by atomic mass is 9.84. The van der Waals surface area contributed by atoms with Gasteiger partial charge in [-0.05, 0) is 59.2 Å². The molecule has 1 saturated heterocycles. The molecule has 11 atom stereocenters. The number of amides is 2. The number of hydrogen-bond donors (Lipinski definition) is 8. The van der Waals surface area contributed by atoms with E-state index in [4.69, 9.17) is 39.9 Å². The van der Waals surface area contributed by atoms with Crippen molar-refractivity contribution in [2.24, 2.45) is 11.5 Å². The first kappa shape index (κ1) is 40.1. The van der Waals surface area contributed by atoms with Crippen molar-refractivity contribution in [3.05, 3.63) is 51.8 Å². The lowest BCUT2D eigenvalue weighted by Gasteiger charge is -2.48. The molecule has 3 aliphatic rings. The van der Waals surface area contributed by atoms with Crippen molar-refractivity contribution in [3.8, 4) is 0 Å². The number of carbonyl (C=O) groups is 2. The van der Waals surface area contributed by atoms with Crippen LogP contribution in [0.25, 0.3) is 0 Å². The van der Waals surface area contributed by atoms with Gasteiger partial charge in [-0.2, -0.15) is 0 Å². The van der Waals surface area contributed by atoms with Gasteiger partial charge in [-0.25, -0.2) is 9.59 Å². The number of aliphatic hydroxyl groups excluding tert-OH is 2. The van der Waals surface area contributed by atoms with Gasteiger partial charge in [0.15, 0.2) is 6.29 Å². The maximum absolute atomic E-state index is 12.7. The summed E-state index contributed by atoms with van der Waals surface area (Å²) in [7, 11) is 1.57. The standard InChI is InChI=1S/C32H50N6O13/c1-31(2,3)51-30(42)37-21-10-9-18(13-36-29(41)46-14-16-7-6-8-17(11-16)38(44)45)48-27(21)49-24-19(33)12-20(34)25(22(24)39)50-28-23(40)26(35-5)32(4,43)15-47-28/h6-9,11,19-28,35,39-40,43H,10,12-15,33-34H2,1-5H3,(H,36,41)(H,37,42)/t19-,20+,21+,22-,23+,24+,25-,26+,27+,28+,32-/m0/s1. The van der Waals surface area contributed by atoms with Gasteiger partial charge in [-0.1, -0.05) is 12.1 Å². The van der Waals surface area contributed by atoms with Crippen molar-refractivity contribution >= 4 is 17.9 Å². The molecule has 286 valence electrons. The molecule has 1 aliphatic carbocycles. The molecule has 0 spiro atoms. The molecule has 10 N–H and O–H groups in total. The molecule has 51 heavy (non-hydrogen) atoms. The number of non-ortho nitro benzene ring substituents is 1. The fraction of sp³-hybridized carbons (Fsp3) is 0.688. The van der Waals surface area contributed by atoms with Crippen molar-refractivity contribution < 1.29 is 58.3 Å². The monoisotopic (exact) mass is 726 g/mol. The molecule has 1 aromatic carbocycles. The van der Waals surface area contributed by atoms with Crippen LogP contribution in [0.5, 0.6) is 0 Å². The van der Waals surface area contributed by atoms with E-state index in [9.17, 15) is 35.0 Å². The highest BCUT2D eigenvalue weighted by molar-refractivity contribution is 5.68. The lowest BCUT2D eigenvalue weighted by molar-refractivity contribution is -0.384. The van der Waals surface area contributed by atoms with Crippen molar-refractivity contribution in [2.75, 3.05) is 20.2 Å². The Hall–Kier alpha value is -3.66. The molecule has 0 aromatic heterocycles. The summed E-state index contributed by atoms with van der Waals surface area (Å²) >= 11 is 0. The van der Waals surface area contributed by atoms with E-state index < -0.39 is 89.5 Å². The second-order valence-electron chi connectivity index (χ2n) is 14.1.